The van der Waals surface area contributed by atoms with Crippen molar-refractivity contribution >= 4 is 11.7 Å². The summed E-state index contributed by atoms with van der Waals surface area (Å²) in [5, 5.41) is 0. The molecule has 1 atom stereocenters. The maximum Gasteiger partial charge on any atom is 0.230 e. The number of amides is 1. The first-order valence-electron chi connectivity index (χ1n) is 11.5. The minimum absolute atomic E-state index is 0.0695. The number of benzene rings is 2. The van der Waals surface area contributed by atoms with Gasteiger partial charge < -0.3 is 9.80 Å². The van der Waals surface area contributed by atoms with Crippen LogP contribution in [-0.4, -0.2) is 47.0 Å². The molecule has 166 valence electrons. The second kappa shape index (κ2) is 9.94. The van der Waals surface area contributed by atoms with E-state index >= 15 is 0 Å². The number of carbonyl (C=O) groups excluding carboxylic acids is 1. The van der Waals surface area contributed by atoms with Crippen molar-refractivity contribution in [1.29, 1.82) is 0 Å². The third-order valence-electron chi connectivity index (χ3n) is 6.33. The number of rotatable bonds is 6. The lowest BCUT2D eigenvalue weighted by Crippen LogP contribution is -2.50. The number of hydrogen-bond donors (Lipinski definition) is 0. The van der Waals surface area contributed by atoms with E-state index in [0.29, 0.717) is 0 Å². The molecule has 4 rings (SSSR count). The second-order valence-corrected chi connectivity index (χ2v) is 8.50. The fourth-order valence-corrected chi connectivity index (χ4v) is 4.58. The Bertz CT molecular complexity index is 1040. The fourth-order valence-electron chi connectivity index (χ4n) is 4.58. The zero-order valence-corrected chi connectivity index (χ0v) is 19.3. The Kier molecular flexibility index (Phi) is 6.84. The van der Waals surface area contributed by atoms with E-state index in [1.54, 1.807) is 0 Å². The highest BCUT2D eigenvalue weighted by molar-refractivity contribution is 5.84. The van der Waals surface area contributed by atoms with E-state index in [0.717, 1.165) is 61.9 Å². The van der Waals surface area contributed by atoms with Gasteiger partial charge in [0, 0.05) is 43.9 Å². The third kappa shape index (κ3) is 4.82. The van der Waals surface area contributed by atoms with Crippen molar-refractivity contribution < 1.29 is 4.79 Å². The molecule has 5 nitrogen and oxygen atoms in total. The standard InChI is InChI=1S/C27H32N4O/c1-4-24(23-13-9-6-10-14-23)27(32)31-17-15-30(16-18-31)26-25(20(2)28-21(3)29-26)19-22-11-7-5-8-12-22/h5-14,24H,4,15-19H2,1-3H3/t24-/m0/s1. The summed E-state index contributed by atoms with van der Waals surface area (Å²) in [6.07, 6.45) is 1.63. The first kappa shape index (κ1) is 22.0. The summed E-state index contributed by atoms with van der Waals surface area (Å²) in [6, 6.07) is 20.6. The Hall–Kier alpha value is -3.21. The van der Waals surface area contributed by atoms with Crippen LogP contribution in [0.3, 0.4) is 0 Å². The van der Waals surface area contributed by atoms with Crippen LogP contribution in [0.15, 0.2) is 60.7 Å². The highest BCUT2D eigenvalue weighted by Gasteiger charge is 2.29. The maximum absolute atomic E-state index is 13.3. The van der Waals surface area contributed by atoms with Crippen LogP contribution in [0, 0.1) is 13.8 Å². The Morgan fingerprint density at radius 2 is 1.53 bits per heavy atom. The van der Waals surface area contributed by atoms with E-state index in [2.05, 4.69) is 60.1 Å². The van der Waals surface area contributed by atoms with Crippen LogP contribution in [-0.2, 0) is 11.2 Å². The summed E-state index contributed by atoms with van der Waals surface area (Å²) >= 11 is 0. The number of carbonyl (C=O) groups is 1. The lowest BCUT2D eigenvalue weighted by Gasteiger charge is -2.38. The Morgan fingerprint density at radius 1 is 0.906 bits per heavy atom. The number of aromatic nitrogens is 2. The molecule has 1 saturated heterocycles. The number of anilines is 1. The third-order valence-corrected chi connectivity index (χ3v) is 6.33. The molecule has 2 heterocycles. The van der Waals surface area contributed by atoms with Gasteiger partial charge in [-0.25, -0.2) is 9.97 Å². The molecule has 1 aliphatic rings. The number of piperazine rings is 1. The predicted molar refractivity (Wildman–Crippen MR) is 129 cm³/mol. The van der Waals surface area contributed by atoms with Crippen molar-refractivity contribution in [1.82, 2.24) is 14.9 Å². The summed E-state index contributed by atoms with van der Waals surface area (Å²) in [5.74, 6) is 1.97. The molecule has 0 bridgehead atoms. The fraction of sp³-hybridized carbons (Fsp3) is 0.370. The van der Waals surface area contributed by atoms with Crippen LogP contribution >= 0.6 is 0 Å². The zero-order valence-electron chi connectivity index (χ0n) is 19.3. The van der Waals surface area contributed by atoms with E-state index in [-0.39, 0.29) is 11.8 Å². The summed E-state index contributed by atoms with van der Waals surface area (Å²) in [5.41, 5.74) is 4.57. The number of nitrogens with zero attached hydrogens (tertiary/aromatic N) is 4. The van der Waals surface area contributed by atoms with Crippen LogP contribution in [0.1, 0.15) is 47.5 Å². The molecule has 0 N–H and O–H groups in total. The SMILES string of the molecule is CC[C@H](C(=O)N1CCN(c2nc(C)nc(C)c2Cc2ccccc2)CC1)c1ccccc1. The van der Waals surface area contributed by atoms with Gasteiger partial charge in [-0.15, -0.1) is 0 Å². The van der Waals surface area contributed by atoms with E-state index < -0.39 is 0 Å². The molecule has 0 unspecified atom stereocenters. The quantitative estimate of drug-likeness (QED) is 0.579. The molecule has 0 radical (unpaired) electrons. The van der Waals surface area contributed by atoms with Crippen LogP contribution < -0.4 is 4.90 Å². The smallest absolute Gasteiger partial charge is 0.230 e. The number of hydrogen-bond acceptors (Lipinski definition) is 4. The molecule has 1 aliphatic heterocycles. The van der Waals surface area contributed by atoms with Crippen molar-refractivity contribution in [2.45, 2.75) is 39.5 Å². The molecule has 1 fully saturated rings. The summed E-state index contributed by atoms with van der Waals surface area (Å²) in [7, 11) is 0. The lowest BCUT2D eigenvalue weighted by molar-refractivity contribution is -0.133. The van der Waals surface area contributed by atoms with Crippen molar-refractivity contribution in [2.24, 2.45) is 0 Å². The largest absolute Gasteiger partial charge is 0.353 e. The van der Waals surface area contributed by atoms with Gasteiger partial charge in [-0.2, -0.15) is 0 Å². The van der Waals surface area contributed by atoms with Gasteiger partial charge >= 0.3 is 0 Å². The summed E-state index contributed by atoms with van der Waals surface area (Å²) < 4.78 is 0. The first-order chi connectivity index (χ1) is 15.6. The molecular weight excluding hydrogens is 396 g/mol. The molecule has 0 aliphatic carbocycles. The van der Waals surface area contributed by atoms with Crippen LogP contribution in [0.2, 0.25) is 0 Å². The van der Waals surface area contributed by atoms with Gasteiger partial charge in [0.25, 0.3) is 0 Å². The maximum atomic E-state index is 13.3. The van der Waals surface area contributed by atoms with Gasteiger partial charge in [-0.1, -0.05) is 67.6 Å². The number of aryl methyl sites for hydroxylation is 2. The monoisotopic (exact) mass is 428 g/mol. The predicted octanol–water partition coefficient (Wildman–Crippen LogP) is 4.53. The average molecular weight is 429 g/mol. The summed E-state index contributed by atoms with van der Waals surface area (Å²) in [4.78, 5) is 27.1. The van der Waals surface area contributed by atoms with Crippen LogP contribution in [0.25, 0.3) is 0 Å². The molecule has 3 aromatic rings. The van der Waals surface area contributed by atoms with Gasteiger partial charge in [0.1, 0.15) is 11.6 Å². The molecule has 32 heavy (non-hydrogen) atoms. The van der Waals surface area contributed by atoms with E-state index in [1.807, 2.05) is 36.1 Å². The van der Waals surface area contributed by atoms with Crippen molar-refractivity contribution in [2.75, 3.05) is 31.1 Å². The van der Waals surface area contributed by atoms with E-state index in [1.165, 1.54) is 11.1 Å². The average Bonchev–Trinajstić information content (AvgIpc) is 2.82. The van der Waals surface area contributed by atoms with Crippen molar-refractivity contribution in [3.8, 4) is 0 Å². The van der Waals surface area contributed by atoms with E-state index in [4.69, 9.17) is 4.98 Å². The highest BCUT2D eigenvalue weighted by Crippen LogP contribution is 2.27. The Labute approximate surface area is 191 Å². The molecule has 1 aromatic heterocycles. The van der Waals surface area contributed by atoms with Gasteiger partial charge in [0.05, 0.1) is 5.92 Å². The van der Waals surface area contributed by atoms with Crippen molar-refractivity contribution in [3.63, 3.8) is 0 Å². The second-order valence-electron chi connectivity index (χ2n) is 8.50. The minimum atomic E-state index is -0.0695. The van der Waals surface area contributed by atoms with Crippen molar-refractivity contribution in [3.05, 3.63) is 88.9 Å². The van der Waals surface area contributed by atoms with Gasteiger partial charge in [0.2, 0.25) is 5.91 Å². The zero-order chi connectivity index (χ0) is 22.5. The lowest BCUT2D eigenvalue weighted by atomic mass is 9.94. The first-order valence-corrected chi connectivity index (χ1v) is 11.5. The van der Waals surface area contributed by atoms with Gasteiger partial charge in [-0.3, -0.25) is 4.79 Å². The molecule has 0 spiro atoms. The molecular formula is C27H32N4O. The molecule has 2 aromatic carbocycles. The Morgan fingerprint density at radius 3 is 2.16 bits per heavy atom. The molecule has 1 amide bonds. The molecule has 5 heteroatoms. The summed E-state index contributed by atoms with van der Waals surface area (Å²) in [6.45, 7) is 9.12. The molecule has 0 saturated carbocycles. The van der Waals surface area contributed by atoms with Crippen LogP contribution in [0.4, 0.5) is 5.82 Å². The Balaban J connectivity index is 1.50. The normalized spacial score (nSPS) is 15.0. The van der Waals surface area contributed by atoms with E-state index in [9.17, 15) is 4.79 Å². The minimum Gasteiger partial charge on any atom is -0.353 e. The topological polar surface area (TPSA) is 49.3 Å². The van der Waals surface area contributed by atoms with Gasteiger partial charge in [0.15, 0.2) is 0 Å². The van der Waals surface area contributed by atoms with Crippen LogP contribution in [0.5, 0.6) is 0 Å². The van der Waals surface area contributed by atoms with Gasteiger partial charge in [-0.05, 0) is 31.4 Å². The highest BCUT2D eigenvalue weighted by atomic mass is 16.2.